The highest BCUT2D eigenvalue weighted by Crippen LogP contribution is 2.39. The van der Waals surface area contributed by atoms with E-state index in [0.29, 0.717) is 0 Å². The van der Waals surface area contributed by atoms with Crippen LogP contribution in [-0.2, 0) is 17.6 Å². The third-order valence-electron chi connectivity index (χ3n) is 7.44. The van der Waals surface area contributed by atoms with E-state index in [1.807, 2.05) is 50.2 Å². The molecule has 190 valence electrons. The number of aryl methyl sites for hydroxylation is 2. The van der Waals surface area contributed by atoms with Crippen LogP contribution in [0.15, 0.2) is 42.0 Å². The van der Waals surface area contributed by atoms with Gasteiger partial charge in [0.15, 0.2) is 0 Å². The summed E-state index contributed by atoms with van der Waals surface area (Å²) in [5.74, 6) is -0.410. The first-order chi connectivity index (χ1) is 18.0. The number of carbonyl (C=O) groups is 2. The molecule has 2 N–H and O–H groups in total. The lowest BCUT2D eigenvalue weighted by Crippen LogP contribution is -2.33. The van der Waals surface area contributed by atoms with Crippen LogP contribution in [0.4, 0.5) is 5.69 Å². The summed E-state index contributed by atoms with van der Waals surface area (Å²) in [7, 11) is 0. The molecule has 0 spiro atoms. The van der Waals surface area contributed by atoms with Crippen molar-refractivity contribution < 1.29 is 9.59 Å². The number of hydrogen-bond acceptors (Lipinski definition) is 4. The highest BCUT2D eigenvalue weighted by atomic mass is 32.1. The fourth-order valence-electron chi connectivity index (χ4n) is 5.54. The van der Waals surface area contributed by atoms with Gasteiger partial charge < -0.3 is 15.2 Å². The van der Waals surface area contributed by atoms with Gasteiger partial charge in [-0.15, -0.1) is 11.3 Å². The second-order valence-corrected chi connectivity index (χ2v) is 11.1. The fraction of sp³-hybridized carbons (Fsp3) is 0.367. The van der Waals surface area contributed by atoms with Crippen molar-refractivity contribution in [2.24, 2.45) is 0 Å². The van der Waals surface area contributed by atoms with Crippen molar-refractivity contribution in [3.05, 3.63) is 74.9 Å². The Morgan fingerprint density at radius 2 is 1.81 bits per heavy atom. The van der Waals surface area contributed by atoms with Crippen molar-refractivity contribution in [2.75, 3.05) is 5.32 Å². The van der Waals surface area contributed by atoms with Gasteiger partial charge in [-0.3, -0.25) is 9.59 Å². The van der Waals surface area contributed by atoms with Crippen molar-refractivity contribution >= 4 is 34.9 Å². The maximum Gasteiger partial charge on any atom is 0.262 e. The molecule has 6 nitrogen and oxygen atoms in total. The Morgan fingerprint density at radius 1 is 1.08 bits per heavy atom. The topological polar surface area (TPSA) is 86.9 Å². The van der Waals surface area contributed by atoms with Crippen LogP contribution >= 0.6 is 11.3 Å². The molecule has 1 saturated carbocycles. The van der Waals surface area contributed by atoms with E-state index in [9.17, 15) is 14.9 Å². The minimum Gasteiger partial charge on any atom is -0.349 e. The minimum atomic E-state index is -0.311. The molecule has 0 saturated heterocycles. The summed E-state index contributed by atoms with van der Waals surface area (Å²) in [5.41, 5.74) is 5.45. The van der Waals surface area contributed by atoms with E-state index in [4.69, 9.17) is 0 Å². The van der Waals surface area contributed by atoms with E-state index in [-0.39, 0.29) is 23.4 Å². The molecular weight excluding hydrogens is 480 g/mol. The first-order valence-corrected chi connectivity index (χ1v) is 13.9. The molecule has 2 heterocycles. The fourth-order valence-corrected chi connectivity index (χ4v) is 7.04. The molecule has 0 radical (unpaired) electrons. The number of carbonyl (C=O) groups excluding carboxylic acids is 2. The van der Waals surface area contributed by atoms with Crippen LogP contribution < -0.4 is 10.6 Å². The Labute approximate surface area is 222 Å². The van der Waals surface area contributed by atoms with Gasteiger partial charge in [-0.05, 0) is 87.8 Å². The van der Waals surface area contributed by atoms with E-state index >= 15 is 0 Å². The number of para-hydroxylation sites is 1. The maximum atomic E-state index is 13.6. The third-order valence-corrected chi connectivity index (χ3v) is 8.72. The number of anilines is 1. The molecule has 2 amide bonds. The third kappa shape index (κ3) is 5.12. The zero-order valence-corrected chi connectivity index (χ0v) is 22.2. The molecule has 2 aliphatic carbocycles. The summed E-state index contributed by atoms with van der Waals surface area (Å²) in [5, 5.41) is 16.8. The second-order valence-electron chi connectivity index (χ2n) is 10.00. The van der Waals surface area contributed by atoms with E-state index in [1.165, 1.54) is 4.88 Å². The van der Waals surface area contributed by atoms with Crippen molar-refractivity contribution in [1.82, 2.24) is 9.88 Å². The highest BCUT2D eigenvalue weighted by molar-refractivity contribution is 7.15. The molecule has 0 aliphatic heterocycles. The number of nitrogens with one attached hydrogen (secondary N) is 2. The molecule has 2 aromatic heterocycles. The number of benzene rings is 1. The zero-order valence-electron chi connectivity index (χ0n) is 21.4. The van der Waals surface area contributed by atoms with Crippen LogP contribution in [0.3, 0.4) is 0 Å². The summed E-state index contributed by atoms with van der Waals surface area (Å²) < 4.78 is 2.11. The summed E-state index contributed by atoms with van der Waals surface area (Å²) >= 11 is 1.69. The van der Waals surface area contributed by atoms with Crippen molar-refractivity contribution in [2.45, 2.75) is 71.3 Å². The molecule has 5 rings (SSSR count). The molecule has 7 heteroatoms. The van der Waals surface area contributed by atoms with Crippen LogP contribution in [0.1, 0.15) is 76.3 Å². The molecular formula is C30H32N4O2S. The molecule has 0 bridgehead atoms. The summed E-state index contributed by atoms with van der Waals surface area (Å²) in [6, 6.07) is 13.8. The molecule has 0 unspecified atom stereocenters. The predicted molar refractivity (Wildman–Crippen MR) is 148 cm³/mol. The van der Waals surface area contributed by atoms with Gasteiger partial charge in [0.2, 0.25) is 0 Å². The first kappa shape index (κ1) is 25.0. The summed E-state index contributed by atoms with van der Waals surface area (Å²) in [6.07, 6.45) is 9.93. The lowest BCUT2D eigenvalue weighted by Gasteiger charge is -2.14. The number of hydrogen-bond donors (Lipinski definition) is 2. The normalized spacial score (nSPS) is 15.8. The maximum absolute atomic E-state index is 13.6. The number of aromatic nitrogens is 1. The highest BCUT2D eigenvalue weighted by Gasteiger charge is 2.28. The van der Waals surface area contributed by atoms with E-state index < -0.39 is 0 Å². The van der Waals surface area contributed by atoms with E-state index in [1.54, 1.807) is 17.4 Å². The number of thiophene rings is 1. The number of nitriles is 1. The number of amides is 2. The van der Waals surface area contributed by atoms with Gasteiger partial charge in [-0.1, -0.05) is 31.0 Å². The largest absolute Gasteiger partial charge is 0.349 e. The van der Waals surface area contributed by atoms with Gasteiger partial charge in [-0.25, -0.2) is 0 Å². The predicted octanol–water partition coefficient (Wildman–Crippen LogP) is 6.25. The average molecular weight is 513 g/mol. The van der Waals surface area contributed by atoms with Crippen LogP contribution in [0.2, 0.25) is 0 Å². The SMILES string of the molecule is Cc1cc(/C=C(/C#N)C(=O)NC2CCCC2)c(C)n1-c1sc2c(c1C(=O)Nc1ccccc1)CCCC2. The molecule has 1 fully saturated rings. The Morgan fingerprint density at radius 3 is 2.54 bits per heavy atom. The molecule has 37 heavy (non-hydrogen) atoms. The Kier molecular flexibility index (Phi) is 7.29. The quantitative estimate of drug-likeness (QED) is 0.302. The minimum absolute atomic E-state index is 0.0983. The van der Waals surface area contributed by atoms with Gasteiger partial charge in [0, 0.05) is 28.0 Å². The lowest BCUT2D eigenvalue weighted by molar-refractivity contribution is -0.117. The van der Waals surface area contributed by atoms with Gasteiger partial charge in [0.05, 0.1) is 5.56 Å². The van der Waals surface area contributed by atoms with Crippen LogP contribution in [0.5, 0.6) is 0 Å². The van der Waals surface area contributed by atoms with Gasteiger partial charge >= 0.3 is 0 Å². The van der Waals surface area contributed by atoms with Crippen LogP contribution in [-0.4, -0.2) is 22.4 Å². The first-order valence-electron chi connectivity index (χ1n) is 13.1. The number of nitrogens with zero attached hydrogens (tertiary/aromatic N) is 2. The molecule has 3 aromatic rings. The lowest BCUT2D eigenvalue weighted by atomic mass is 9.95. The van der Waals surface area contributed by atoms with Crippen molar-refractivity contribution in [3.63, 3.8) is 0 Å². The average Bonchev–Trinajstić information content (AvgIpc) is 3.60. The molecule has 2 aliphatic rings. The Bertz CT molecular complexity index is 1400. The summed E-state index contributed by atoms with van der Waals surface area (Å²) in [6.45, 7) is 3.99. The number of rotatable bonds is 6. The summed E-state index contributed by atoms with van der Waals surface area (Å²) in [4.78, 5) is 27.7. The standard InChI is InChI=1S/C30H32N4O2S/c1-19-16-21(17-22(18-31)28(35)32-23-12-6-7-13-23)20(2)34(19)30-27(25-14-8-9-15-26(25)37-30)29(36)33-24-10-4-3-5-11-24/h3-5,10-11,16-17,23H,6-9,12-15H2,1-2H3,(H,32,35)(H,33,36)/b22-17-. The van der Waals surface area contributed by atoms with E-state index in [2.05, 4.69) is 21.3 Å². The van der Waals surface area contributed by atoms with Crippen LogP contribution in [0, 0.1) is 25.2 Å². The smallest absolute Gasteiger partial charge is 0.262 e. The van der Waals surface area contributed by atoms with Gasteiger partial charge in [0.1, 0.15) is 16.6 Å². The monoisotopic (exact) mass is 512 g/mol. The Hall–Kier alpha value is -3.63. The second kappa shape index (κ2) is 10.8. The molecule has 0 atom stereocenters. The van der Waals surface area contributed by atoms with Crippen molar-refractivity contribution in [3.8, 4) is 11.1 Å². The van der Waals surface area contributed by atoms with Crippen LogP contribution in [0.25, 0.3) is 11.1 Å². The van der Waals surface area contributed by atoms with Crippen molar-refractivity contribution in [1.29, 1.82) is 5.26 Å². The Balaban J connectivity index is 1.52. The van der Waals surface area contributed by atoms with Gasteiger partial charge in [0.25, 0.3) is 11.8 Å². The zero-order chi connectivity index (χ0) is 25.9. The number of fused-ring (bicyclic) bond motifs is 1. The van der Waals surface area contributed by atoms with Gasteiger partial charge in [-0.2, -0.15) is 5.26 Å². The van der Waals surface area contributed by atoms with E-state index in [0.717, 1.165) is 90.1 Å². The molecule has 1 aromatic carbocycles.